The first kappa shape index (κ1) is 14.9. The molecule has 0 heterocycles. The van der Waals surface area contributed by atoms with Crippen LogP contribution in [0.4, 0.5) is 4.39 Å². The third kappa shape index (κ3) is 3.57. The third-order valence-corrected chi connectivity index (χ3v) is 3.70. The van der Waals surface area contributed by atoms with E-state index < -0.39 is 11.9 Å². The van der Waals surface area contributed by atoms with E-state index in [2.05, 4.69) is 5.32 Å². The predicted molar refractivity (Wildman–Crippen MR) is 82.4 cm³/mol. The molecule has 0 aromatic heterocycles. The van der Waals surface area contributed by atoms with Crippen molar-refractivity contribution >= 4 is 17.5 Å². The maximum absolute atomic E-state index is 13.1. The first-order valence-corrected chi connectivity index (χ1v) is 7.48. The Morgan fingerprint density at radius 2 is 1.95 bits per heavy atom. The number of hydrogen-bond acceptors (Lipinski definition) is 2. The first-order valence-electron chi connectivity index (χ1n) is 7.10. The average molecular weight is 320 g/mol. The molecule has 1 fully saturated rings. The number of halogens is 2. The Balaban J connectivity index is 1.85. The molecule has 1 amide bonds. The lowest BCUT2D eigenvalue weighted by Gasteiger charge is -2.19. The molecule has 0 aliphatic heterocycles. The van der Waals surface area contributed by atoms with Gasteiger partial charge in [-0.05, 0) is 31.0 Å². The van der Waals surface area contributed by atoms with Gasteiger partial charge in [0, 0.05) is 11.6 Å². The quantitative estimate of drug-likeness (QED) is 0.908. The minimum atomic E-state index is -0.815. The number of hydrogen-bond donors (Lipinski definition) is 1. The summed E-state index contributed by atoms with van der Waals surface area (Å²) in [5, 5.41) is 3.06. The molecule has 1 atom stereocenters. The molecule has 0 bridgehead atoms. The molecule has 0 spiro atoms. The summed E-state index contributed by atoms with van der Waals surface area (Å²) in [6.07, 6.45) is 1.17. The largest absolute Gasteiger partial charge is 0.474 e. The number of ether oxygens (including phenoxy) is 1. The summed E-state index contributed by atoms with van der Waals surface area (Å²) >= 11 is 5.99. The molecule has 1 aliphatic rings. The Kier molecular flexibility index (Phi) is 4.29. The van der Waals surface area contributed by atoms with Gasteiger partial charge in [0.05, 0.1) is 5.02 Å². The van der Waals surface area contributed by atoms with Crippen LogP contribution in [0, 0.1) is 5.82 Å². The van der Waals surface area contributed by atoms with Gasteiger partial charge in [-0.25, -0.2) is 4.39 Å². The SMILES string of the molecule is O=C(NC1CC1)[C@H](Oc1ccc(F)cc1Cl)c1ccccc1. The second kappa shape index (κ2) is 6.36. The molecular weight excluding hydrogens is 305 g/mol. The smallest absolute Gasteiger partial charge is 0.266 e. The van der Waals surface area contributed by atoms with Crippen molar-refractivity contribution in [1.82, 2.24) is 5.32 Å². The minimum Gasteiger partial charge on any atom is -0.474 e. The van der Waals surface area contributed by atoms with E-state index in [4.69, 9.17) is 16.3 Å². The Hall–Kier alpha value is -2.07. The lowest BCUT2D eigenvalue weighted by Crippen LogP contribution is -2.33. The van der Waals surface area contributed by atoms with Crippen LogP contribution in [0.5, 0.6) is 5.75 Å². The first-order chi connectivity index (χ1) is 10.6. The zero-order valence-electron chi connectivity index (χ0n) is 11.8. The molecule has 1 aliphatic carbocycles. The molecule has 5 heteroatoms. The van der Waals surface area contributed by atoms with Gasteiger partial charge in [-0.3, -0.25) is 4.79 Å². The fourth-order valence-electron chi connectivity index (χ4n) is 2.10. The maximum atomic E-state index is 13.1. The van der Waals surface area contributed by atoms with Gasteiger partial charge in [0.1, 0.15) is 11.6 Å². The van der Waals surface area contributed by atoms with Crippen LogP contribution in [0.3, 0.4) is 0 Å². The standard InChI is InChI=1S/C17H15ClFNO2/c18-14-10-12(19)6-9-15(14)22-16(11-4-2-1-3-5-11)17(21)20-13-7-8-13/h1-6,9-10,13,16H,7-8H2,(H,20,21)/t16-/m1/s1. The average Bonchev–Trinajstić information content (AvgIpc) is 3.31. The van der Waals surface area contributed by atoms with Crippen molar-refractivity contribution in [3.8, 4) is 5.75 Å². The fourth-order valence-corrected chi connectivity index (χ4v) is 2.31. The molecule has 0 saturated heterocycles. The van der Waals surface area contributed by atoms with Gasteiger partial charge < -0.3 is 10.1 Å². The lowest BCUT2D eigenvalue weighted by atomic mass is 10.1. The Morgan fingerprint density at radius 3 is 2.59 bits per heavy atom. The van der Waals surface area contributed by atoms with Crippen LogP contribution in [-0.2, 0) is 4.79 Å². The van der Waals surface area contributed by atoms with E-state index in [-0.39, 0.29) is 22.7 Å². The van der Waals surface area contributed by atoms with Crippen LogP contribution in [0.15, 0.2) is 48.5 Å². The highest BCUT2D eigenvalue weighted by molar-refractivity contribution is 6.32. The van der Waals surface area contributed by atoms with Gasteiger partial charge in [-0.15, -0.1) is 0 Å². The van der Waals surface area contributed by atoms with E-state index >= 15 is 0 Å². The van der Waals surface area contributed by atoms with E-state index in [1.807, 2.05) is 30.3 Å². The number of benzene rings is 2. The van der Waals surface area contributed by atoms with Crippen LogP contribution in [0.1, 0.15) is 24.5 Å². The van der Waals surface area contributed by atoms with E-state index in [0.717, 1.165) is 24.5 Å². The molecule has 0 unspecified atom stereocenters. The van der Waals surface area contributed by atoms with Crippen molar-refractivity contribution in [3.05, 3.63) is 64.9 Å². The van der Waals surface area contributed by atoms with Crippen molar-refractivity contribution in [3.63, 3.8) is 0 Å². The summed E-state index contributed by atoms with van der Waals surface area (Å²) in [5.74, 6) is -0.381. The lowest BCUT2D eigenvalue weighted by molar-refractivity contribution is -0.128. The van der Waals surface area contributed by atoms with Crippen molar-refractivity contribution in [2.75, 3.05) is 0 Å². The Morgan fingerprint density at radius 1 is 1.23 bits per heavy atom. The van der Waals surface area contributed by atoms with Gasteiger partial charge in [-0.1, -0.05) is 41.9 Å². The third-order valence-electron chi connectivity index (χ3n) is 3.40. The van der Waals surface area contributed by atoms with Gasteiger partial charge in [0.2, 0.25) is 6.10 Å². The van der Waals surface area contributed by atoms with Crippen LogP contribution < -0.4 is 10.1 Å². The molecule has 0 radical (unpaired) electrons. The molecule has 2 aromatic rings. The highest BCUT2D eigenvalue weighted by atomic mass is 35.5. The van der Waals surface area contributed by atoms with Crippen molar-refractivity contribution < 1.29 is 13.9 Å². The fraction of sp³-hybridized carbons (Fsp3) is 0.235. The van der Waals surface area contributed by atoms with Gasteiger partial charge in [0.25, 0.3) is 5.91 Å². The predicted octanol–water partition coefficient (Wildman–Crippen LogP) is 3.88. The minimum absolute atomic E-state index is 0.139. The van der Waals surface area contributed by atoms with Gasteiger partial charge >= 0.3 is 0 Å². The summed E-state index contributed by atoms with van der Waals surface area (Å²) in [6, 6.07) is 13.2. The highest BCUT2D eigenvalue weighted by Crippen LogP contribution is 2.30. The Labute approximate surface area is 133 Å². The summed E-state index contributed by atoms with van der Waals surface area (Å²) in [5.41, 5.74) is 0.723. The van der Waals surface area contributed by atoms with Crippen LogP contribution in [0.25, 0.3) is 0 Å². The summed E-state index contributed by atoms with van der Waals surface area (Å²) in [7, 11) is 0. The van der Waals surface area contributed by atoms with Crippen LogP contribution in [-0.4, -0.2) is 11.9 Å². The molecular formula is C17H15ClFNO2. The normalized spacial score (nSPS) is 15.2. The highest BCUT2D eigenvalue weighted by Gasteiger charge is 2.30. The zero-order valence-corrected chi connectivity index (χ0v) is 12.5. The number of carbonyl (C=O) groups excluding carboxylic acids is 1. The van der Waals surface area contributed by atoms with Crippen molar-refractivity contribution in [2.45, 2.75) is 25.0 Å². The van der Waals surface area contributed by atoms with E-state index in [1.54, 1.807) is 0 Å². The molecule has 22 heavy (non-hydrogen) atoms. The van der Waals surface area contributed by atoms with E-state index in [9.17, 15) is 9.18 Å². The second-order valence-corrected chi connectivity index (χ2v) is 5.67. The molecule has 3 nitrogen and oxygen atoms in total. The topological polar surface area (TPSA) is 38.3 Å². The molecule has 1 saturated carbocycles. The number of amides is 1. The summed E-state index contributed by atoms with van der Waals surface area (Å²) < 4.78 is 18.9. The summed E-state index contributed by atoms with van der Waals surface area (Å²) in [6.45, 7) is 0. The van der Waals surface area contributed by atoms with Crippen LogP contribution in [0.2, 0.25) is 5.02 Å². The zero-order chi connectivity index (χ0) is 15.5. The molecule has 1 N–H and O–H groups in total. The molecule has 114 valence electrons. The molecule has 2 aromatic carbocycles. The van der Waals surface area contributed by atoms with Crippen molar-refractivity contribution in [2.24, 2.45) is 0 Å². The number of nitrogens with one attached hydrogen (secondary N) is 1. The van der Waals surface area contributed by atoms with Gasteiger partial charge in [0.15, 0.2) is 0 Å². The van der Waals surface area contributed by atoms with E-state index in [0.29, 0.717) is 0 Å². The Bertz CT molecular complexity index is 674. The number of rotatable bonds is 5. The second-order valence-electron chi connectivity index (χ2n) is 5.27. The molecule has 3 rings (SSSR count). The maximum Gasteiger partial charge on any atom is 0.266 e. The van der Waals surface area contributed by atoms with Gasteiger partial charge in [-0.2, -0.15) is 0 Å². The summed E-state index contributed by atoms with van der Waals surface area (Å²) in [4.78, 5) is 12.4. The van der Waals surface area contributed by atoms with E-state index in [1.165, 1.54) is 12.1 Å². The van der Waals surface area contributed by atoms with Crippen molar-refractivity contribution in [1.29, 1.82) is 0 Å². The van der Waals surface area contributed by atoms with Crippen LogP contribution >= 0.6 is 11.6 Å². The number of carbonyl (C=O) groups is 1. The monoisotopic (exact) mass is 319 g/mol.